The van der Waals surface area contributed by atoms with E-state index in [1.165, 1.54) is 11.1 Å². The number of nitrogens with zero attached hydrogens (tertiary/aromatic N) is 1. The maximum Gasteiger partial charge on any atom is 0.228 e. The molecule has 1 aromatic carbocycles. The summed E-state index contributed by atoms with van der Waals surface area (Å²) in [7, 11) is -2.11. The molecule has 0 aliphatic carbocycles. The molecule has 2 aliphatic heterocycles. The van der Waals surface area contributed by atoms with Gasteiger partial charge in [0.1, 0.15) is 4.99 Å². The molecule has 0 unspecified atom stereocenters. The van der Waals surface area contributed by atoms with Crippen molar-refractivity contribution in [2.75, 3.05) is 19.6 Å². The standard InChI is InChI=1S/C15H20N2O2S/c18-20(19)15(13-5-8-16-9-6-13)17-10-7-12-3-1-2-4-14(12)11-17/h1-4,13,16H,5-11H2. The van der Waals surface area contributed by atoms with Crippen LogP contribution in [0.4, 0.5) is 0 Å². The second-order valence-electron chi connectivity index (χ2n) is 5.54. The van der Waals surface area contributed by atoms with Gasteiger partial charge in [-0.1, -0.05) is 24.3 Å². The summed E-state index contributed by atoms with van der Waals surface area (Å²) in [6, 6.07) is 8.33. The summed E-state index contributed by atoms with van der Waals surface area (Å²) in [6.07, 6.45) is 2.77. The molecule has 0 bridgehead atoms. The first-order valence-corrected chi connectivity index (χ1v) is 8.32. The summed E-state index contributed by atoms with van der Waals surface area (Å²) in [6.45, 7) is 3.36. The van der Waals surface area contributed by atoms with Gasteiger partial charge in [0.05, 0.1) is 0 Å². The van der Waals surface area contributed by atoms with Crippen molar-refractivity contribution in [1.82, 2.24) is 10.2 Å². The molecule has 4 nitrogen and oxygen atoms in total. The van der Waals surface area contributed by atoms with Crippen molar-refractivity contribution < 1.29 is 8.42 Å². The first-order chi connectivity index (χ1) is 9.75. The van der Waals surface area contributed by atoms with Crippen molar-refractivity contribution in [3.8, 4) is 0 Å². The van der Waals surface area contributed by atoms with Crippen LogP contribution in [0.1, 0.15) is 24.0 Å². The minimum atomic E-state index is -2.11. The van der Waals surface area contributed by atoms with Gasteiger partial charge in [-0.15, -0.1) is 0 Å². The van der Waals surface area contributed by atoms with Crippen molar-refractivity contribution in [3.05, 3.63) is 35.4 Å². The summed E-state index contributed by atoms with van der Waals surface area (Å²) in [5, 5.41) is 3.29. The Morgan fingerprint density at radius 1 is 1.15 bits per heavy atom. The lowest BCUT2D eigenvalue weighted by molar-refractivity contribution is 0.352. The molecular weight excluding hydrogens is 272 g/mol. The van der Waals surface area contributed by atoms with Gasteiger partial charge in [0.25, 0.3) is 0 Å². The third-order valence-electron chi connectivity index (χ3n) is 4.30. The highest BCUT2D eigenvalue weighted by atomic mass is 32.2. The van der Waals surface area contributed by atoms with Crippen LogP contribution in [0.25, 0.3) is 0 Å². The Balaban J connectivity index is 1.86. The highest BCUT2D eigenvalue weighted by molar-refractivity contribution is 7.72. The molecule has 0 saturated carbocycles. The van der Waals surface area contributed by atoms with Crippen molar-refractivity contribution in [2.24, 2.45) is 5.92 Å². The fourth-order valence-corrected chi connectivity index (χ4v) is 4.13. The molecule has 0 atom stereocenters. The van der Waals surface area contributed by atoms with E-state index in [1.54, 1.807) is 0 Å². The smallest absolute Gasteiger partial charge is 0.228 e. The van der Waals surface area contributed by atoms with Gasteiger partial charge in [-0.25, -0.2) is 0 Å². The molecule has 3 rings (SSSR count). The Kier molecular flexibility index (Phi) is 4.19. The topological polar surface area (TPSA) is 49.4 Å². The number of rotatable bonds is 1. The molecule has 1 fully saturated rings. The van der Waals surface area contributed by atoms with Crippen LogP contribution in [0.15, 0.2) is 24.3 Å². The molecule has 0 amide bonds. The monoisotopic (exact) mass is 292 g/mol. The number of hydrogen-bond acceptors (Lipinski definition) is 3. The number of benzene rings is 1. The Labute approximate surface area is 121 Å². The molecule has 108 valence electrons. The molecule has 2 aliphatic rings. The molecular formula is C15H20N2O2S. The van der Waals surface area contributed by atoms with Crippen LogP contribution in [0.3, 0.4) is 0 Å². The maximum atomic E-state index is 11.7. The Bertz CT molecular complexity index is 611. The van der Waals surface area contributed by atoms with Crippen LogP contribution in [-0.2, 0) is 23.3 Å². The van der Waals surface area contributed by atoms with Crippen molar-refractivity contribution in [1.29, 1.82) is 0 Å². The Hall–Kier alpha value is -1.17. The van der Waals surface area contributed by atoms with E-state index in [4.69, 9.17) is 0 Å². The van der Waals surface area contributed by atoms with E-state index in [2.05, 4.69) is 28.4 Å². The third-order valence-corrected chi connectivity index (χ3v) is 5.23. The highest BCUT2D eigenvalue weighted by Gasteiger charge is 2.28. The van der Waals surface area contributed by atoms with E-state index in [-0.39, 0.29) is 5.92 Å². The zero-order valence-corrected chi connectivity index (χ0v) is 12.3. The number of piperidine rings is 1. The van der Waals surface area contributed by atoms with Gasteiger partial charge in [0.2, 0.25) is 10.3 Å². The summed E-state index contributed by atoms with van der Waals surface area (Å²) in [5.74, 6) is 0.180. The average molecular weight is 292 g/mol. The minimum absolute atomic E-state index is 0.180. The van der Waals surface area contributed by atoms with Crippen LogP contribution in [0.2, 0.25) is 0 Å². The molecule has 0 radical (unpaired) electrons. The van der Waals surface area contributed by atoms with Gasteiger partial charge in [-0.3, -0.25) is 4.90 Å². The van der Waals surface area contributed by atoms with Crippen molar-refractivity contribution in [2.45, 2.75) is 25.8 Å². The first-order valence-electron chi connectivity index (χ1n) is 7.24. The van der Waals surface area contributed by atoms with Crippen molar-refractivity contribution >= 4 is 15.3 Å². The molecule has 0 spiro atoms. The molecule has 1 aromatic rings. The van der Waals surface area contributed by atoms with E-state index >= 15 is 0 Å². The largest absolute Gasteiger partial charge is 0.317 e. The van der Waals surface area contributed by atoms with Gasteiger partial charge >= 0.3 is 0 Å². The fraction of sp³-hybridized carbons (Fsp3) is 0.533. The second-order valence-corrected chi connectivity index (χ2v) is 6.43. The van der Waals surface area contributed by atoms with Crippen molar-refractivity contribution in [3.63, 3.8) is 0 Å². The van der Waals surface area contributed by atoms with E-state index in [0.717, 1.165) is 45.4 Å². The molecule has 0 aromatic heterocycles. The number of hydrogen-bond donors (Lipinski definition) is 1. The summed E-state index contributed by atoms with van der Waals surface area (Å²) >= 11 is 0. The predicted molar refractivity (Wildman–Crippen MR) is 80.1 cm³/mol. The van der Waals surface area contributed by atoms with E-state index in [1.807, 2.05) is 6.07 Å². The summed E-state index contributed by atoms with van der Waals surface area (Å²) in [4.78, 5) is 2.70. The zero-order valence-electron chi connectivity index (χ0n) is 11.5. The van der Waals surface area contributed by atoms with Crippen LogP contribution in [0.5, 0.6) is 0 Å². The Morgan fingerprint density at radius 3 is 2.55 bits per heavy atom. The van der Waals surface area contributed by atoms with Crippen LogP contribution >= 0.6 is 0 Å². The maximum absolute atomic E-state index is 11.7. The fourth-order valence-electron chi connectivity index (χ4n) is 3.25. The highest BCUT2D eigenvalue weighted by Crippen LogP contribution is 2.23. The summed E-state index contributed by atoms with van der Waals surface area (Å²) in [5.41, 5.74) is 2.61. The molecule has 2 heterocycles. The summed E-state index contributed by atoms with van der Waals surface area (Å²) < 4.78 is 23.4. The van der Waals surface area contributed by atoms with E-state index in [0.29, 0.717) is 4.99 Å². The SMILES string of the molecule is O=S(=O)=C(C1CCNCC1)N1CCc2ccccc2C1. The van der Waals surface area contributed by atoms with Crippen LogP contribution < -0.4 is 5.32 Å². The lowest BCUT2D eigenvalue weighted by atomic mass is 9.94. The minimum Gasteiger partial charge on any atom is -0.317 e. The third kappa shape index (κ3) is 2.80. The van der Waals surface area contributed by atoms with Gasteiger partial charge < -0.3 is 5.32 Å². The Morgan fingerprint density at radius 2 is 1.85 bits per heavy atom. The van der Waals surface area contributed by atoms with E-state index in [9.17, 15) is 8.42 Å². The van der Waals surface area contributed by atoms with Gasteiger partial charge in [0.15, 0.2) is 0 Å². The molecule has 5 heteroatoms. The number of fused-ring (bicyclic) bond motifs is 1. The molecule has 1 saturated heterocycles. The number of nitrogens with one attached hydrogen (secondary N) is 1. The molecule has 20 heavy (non-hydrogen) atoms. The second kappa shape index (κ2) is 6.08. The van der Waals surface area contributed by atoms with Gasteiger partial charge in [0, 0.05) is 19.0 Å². The lowest BCUT2D eigenvalue weighted by Gasteiger charge is -2.33. The first kappa shape index (κ1) is 13.8. The molecule has 1 N–H and O–H groups in total. The normalized spacial score (nSPS) is 20.4. The van der Waals surface area contributed by atoms with Crippen LogP contribution in [-0.4, -0.2) is 37.9 Å². The average Bonchev–Trinajstić information content (AvgIpc) is 2.48. The van der Waals surface area contributed by atoms with Gasteiger partial charge in [-0.2, -0.15) is 8.42 Å². The lowest BCUT2D eigenvalue weighted by Crippen LogP contribution is -2.43. The zero-order chi connectivity index (χ0) is 13.9. The predicted octanol–water partition coefficient (Wildman–Crippen LogP) is 1.05. The van der Waals surface area contributed by atoms with Gasteiger partial charge in [-0.05, 0) is 43.5 Å². The van der Waals surface area contributed by atoms with Crippen LogP contribution in [0, 0.1) is 5.92 Å². The quantitative estimate of drug-likeness (QED) is 0.786. The van der Waals surface area contributed by atoms with E-state index < -0.39 is 10.3 Å².